The number of hydrogen-bond acceptors (Lipinski definition) is 4. The maximum Gasteiger partial charge on any atom is 0.338 e. The van der Waals surface area contributed by atoms with Crippen LogP contribution in [-0.4, -0.2) is 24.0 Å². The van der Waals surface area contributed by atoms with Crippen LogP contribution in [0.3, 0.4) is 0 Å². The highest BCUT2D eigenvalue weighted by molar-refractivity contribution is 5.98. The first-order valence-corrected chi connectivity index (χ1v) is 6.53. The number of carbonyl (C=O) groups is 3. The maximum absolute atomic E-state index is 11.9. The number of rotatable bonds is 3. The van der Waals surface area contributed by atoms with Crippen LogP contribution in [0.2, 0.25) is 0 Å². The highest BCUT2D eigenvalue weighted by atomic mass is 16.5. The van der Waals surface area contributed by atoms with Gasteiger partial charge in [0.15, 0.2) is 6.10 Å². The third-order valence-corrected chi connectivity index (χ3v) is 2.89. The van der Waals surface area contributed by atoms with Gasteiger partial charge in [-0.1, -0.05) is 32.9 Å². The third kappa shape index (κ3) is 4.91. The lowest BCUT2D eigenvalue weighted by Gasteiger charge is -2.19. The van der Waals surface area contributed by atoms with Crippen molar-refractivity contribution in [2.24, 2.45) is 5.73 Å². The van der Waals surface area contributed by atoms with Crippen LogP contribution in [0, 0.1) is 0 Å². The Labute approximate surface area is 123 Å². The molecule has 0 heterocycles. The number of primary amides is 1. The van der Waals surface area contributed by atoms with Crippen molar-refractivity contribution < 1.29 is 19.1 Å². The van der Waals surface area contributed by atoms with E-state index in [9.17, 15) is 14.4 Å². The maximum atomic E-state index is 11.9. The normalized spacial score (nSPS) is 12.4. The molecule has 21 heavy (non-hydrogen) atoms. The quantitative estimate of drug-likeness (QED) is 0.829. The Hall–Kier alpha value is -2.37. The Morgan fingerprint density at radius 2 is 1.67 bits per heavy atom. The van der Waals surface area contributed by atoms with Crippen LogP contribution in [0.25, 0.3) is 0 Å². The van der Waals surface area contributed by atoms with Crippen molar-refractivity contribution in [3.63, 3.8) is 0 Å². The van der Waals surface area contributed by atoms with E-state index in [4.69, 9.17) is 10.5 Å². The molecule has 0 aliphatic heterocycles. The molecule has 3 amide bonds. The molecule has 6 nitrogen and oxygen atoms in total. The van der Waals surface area contributed by atoms with Crippen LogP contribution in [0.1, 0.15) is 43.6 Å². The third-order valence-electron chi connectivity index (χ3n) is 2.89. The average Bonchev–Trinajstić information content (AvgIpc) is 2.36. The molecular formula is C15H20N2O4. The van der Waals surface area contributed by atoms with Gasteiger partial charge in [0.1, 0.15) is 0 Å². The average molecular weight is 292 g/mol. The number of carbonyl (C=O) groups excluding carboxylic acids is 3. The lowest BCUT2D eigenvalue weighted by Crippen LogP contribution is -2.42. The van der Waals surface area contributed by atoms with Gasteiger partial charge in [-0.25, -0.2) is 9.59 Å². The van der Waals surface area contributed by atoms with Crippen molar-refractivity contribution in [2.75, 3.05) is 0 Å². The van der Waals surface area contributed by atoms with Crippen LogP contribution in [0.4, 0.5) is 4.79 Å². The second-order valence-electron chi connectivity index (χ2n) is 5.73. The fourth-order valence-electron chi connectivity index (χ4n) is 1.61. The minimum atomic E-state index is -1.10. The lowest BCUT2D eigenvalue weighted by molar-refractivity contribution is -0.127. The summed E-state index contributed by atoms with van der Waals surface area (Å²) in [4.78, 5) is 33.9. The monoisotopic (exact) mass is 292 g/mol. The fourth-order valence-corrected chi connectivity index (χ4v) is 1.61. The van der Waals surface area contributed by atoms with Crippen LogP contribution in [0.5, 0.6) is 0 Å². The van der Waals surface area contributed by atoms with E-state index >= 15 is 0 Å². The Morgan fingerprint density at radius 1 is 1.14 bits per heavy atom. The molecule has 0 spiro atoms. The van der Waals surface area contributed by atoms with Crippen molar-refractivity contribution in [1.82, 2.24) is 5.32 Å². The zero-order chi connectivity index (χ0) is 16.2. The molecule has 0 saturated heterocycles. The van der Waals surface area contributed by atoms with Crippen LogP contribution in [0.15, 0.2) is 24.3 Å². The molecule has 0 aliphatic carbocycles. The van der Waals surface area contributed by atoms with Gasteiger partial charge < -0.3 is 10.5 Å². The summed E-state index contributed by atoms with van der Waals surface area (Å²) in [7, 11) is 0. The van der Waals surface area contributed by atoms with Crippen molar-refractivity contribution >= 4 is 17.9 Å². The summed E-state index contributed by atoms with van der Waals surface area (Å²) in [5.41, 5.74) is 6.22. The molecule has 0 aromatic heterocycles. The standard InChI is InChI=1S/C15H20N2O4/c1-9(12(18)17-14(16)20)21-13(19)10-5-7-11(8-6-10)15(2,3)4/h5-9H,1-4H3,(H3,16,17,18,20)/t9-/m1/s1. The van der Waals surface area contributed by atoms with Gasteiger partial charge in [0.25, 0.3) is 5.91 Å². The molecule has 0 unspecified atom stereocenters. The molecule has 0 bridgehead atoms. The van der Waals surface area contributed by atoms with Gasteiger partial charge in [0, 0.05) is 0 Å². The highest BCUT2D eigenvalue weighted by Gasteiger charge is 2.20. The minimum Gasteiger partial charge on any atom is -0.449 e. The molecule has 0 aliphatic rings. The van der Waals surface area contributed by atoms with E-state index in [1.165, 1.54) is 6.92 Å². The van der Waals surface area contributed by atoms with E-state index in [1.54, 1.807) is 12.1 Å². The first kappa shape index (κ1) is 16.7. The molecule has 1 aromatic rings. The Kier molecular flexibility index (Phi) is 5.07. The van der Waals surface area contributed by atoms with E-state index in [2.05, 4.69) is 20.8 Å². The van der Waals surface area contributed by atoms with Gasteiger partial charge in [-0.05, 0) is 30.0 Å². The minimum absolute atomic E-state index is 0.0168. The number of ether oxygens (including phenoxy) is 1. The summed E-state index contributed by atoms with van der Waals surface area (Å²) in [5, 5.41) is 1.85. The van der Waals surface area contributed by atoms with E-state index < -0.39 is 24.0 Å². The van der Waals surface area contributed by atoms with Crippen LogP contribution < -0.4 is 11.1 Å². The number of nitrogens with two attached hydrogens (primary N) is 1. The molecule has 1 aromatic carbocycles. The molecular weight excluding hydrogens is 272 g/mol. The number of amides is 3. The fraction of sp³-hybridized carbons (Fsp3) is 0.400. The molecule has 0 radical (unpaired) electrons. The Balaban J connectivity index is 2.72. The number of hydrogen-bond donors (Lipinski definition) is 2. The predicted molar refractivity (Wildman–Crippen MR) is 77.7 cm³/mol. The lowest BCUT2D eigenvalue weighted by atomic mass is 9.87. The number of esters is 1. The van der Waals surface area contributed by atoms with Gasteiger partial charge in [-0.2, -0.15) is 0 Å². The van der Waals surface area contributed by atoms with E-state index in [-0.39, 0.29) is 5.41 Å². The predicted octanol–water partition coefficient (Wildman–Crippen LogP) is 1.72. The van der Waals surface area contributed by atoms with Gasteiger partial charge in [0.2, 0.25) is 0 Å². The molecule has 1 atom stereocenters. The summed E-state index contributed by atoms with van der Waals surface area (Å²) < 4.78 is 4.97. The van der Waals surface area contributed by atoms with Crippen molar-refractivity contribution in [1.29, 1.82) is 0 Å². The van der Waals surface area contributed by atoms with Gasteiger partial charge >= 0.3 is 12.0 Å². The van der Waals surface area contributed by atoms with Crippen LogP contribution >= 0.6 is 0 Å². The van der Waals surface area contributed by atoms with Crippen LogP contribution in [-0.2, 0) is 14.9 Å². The topological polar surface area (TPSA) is 98.5 Å². The zero-order valence-corrected chi connectivity index (χ0v) is 12.6. The first-order chi connectivity index (χ1) is 9.61. The van der Waals surface area contributed by atoms with Gasteiger partial charge in [-0.3, -0.25) is 10.1 Å². The van der Waals surface area contributed by atoms with E-state index in [1.807, 2.05) is 17.4 Å². The van der Waals surface area contributed by atoms with Gasteiger partial charge in [0.05, 0.1) is 5.56 Å². The summed E-state index contributed by atoms with van der Waals surface area (Å²) in [6.45, 7) is 7.56. The molecule has 0 saturated carbocycles. The first-order valence-electron chi connectivity index (χ1n) is 6.53. The highest BCUT2D eigenvalue weighted by Crippen LogP contribution is 2.22. The van der Waals surface area contributed by atoms with E-state index in [0.717, 1.165) is 5.56 Å². The molecule has 114 valence electrons. The number of nitrogens with one attached hydrogen (secondary N) is 1. The summed E-state index contributed by atoms with van der Waals surface area (Å²) in [5.74, 6) is -1.40. The number of urea groups is 1. The van der Waals surface area contributed by atoms with Crippen molar-refractivity contribution in [3.8, 4) is 0 Å². The second-order valence-corrected chi connectivity index (χ2v) is 5.73. The Bertz CT molecular complexity index is 544. The van der Waals surface area contributed by atoms with E-state index in [0.29, 0.717) is 5.56 Å². The van der Waals surface area contributed by atoms with Crippen molar-refractivity contribution in [2.45, 2.75) is 39.2 Å². The van der Waals surface area contributed by atoms with Crippen molar-refractivity contribution in [3.05, 3.63) is 35.4 Å². The summed E-state index contributed by atoms with van der Waals surface area (Å²) >= 11 is 0. The number of benzene rings is 1. The zero-order valence-electron chi connectivity index (χ0n) is 12.6. The SMILES string of the molecule is C[C@@H](OC(=O)c1ccc(C(C)(C)C)cc1)C(=O)NC(N)=O. The largest absolute Gasteiger partial charge is 0.449 e. The number of imide groups is 1. The summed E-state index contributed by atoms with van der Waals surface area (Å²) in [6, 6.07) is 5.97. The molecule has 1 rings (SSSR count). The second kappa shape index (κ2) is 6.39. The molecule has 0 fully saturated rings. The molecule has 6 heteroatoms. The smallest absolute Gasteiger partial charge is 0.338 e. The Morgan fingerprint density at radius 3 is 2.10 bits per heavy atom. The summed E-state index contributed by atoms with van der Waals surface area (Å²) in [6.07, 6.45) is -1.10. The molecule has 3 N–H and O–H groups in total. The van der Waals surface area contributed by atoms with Gasteiger partial charge in [-0.15, -0.1) is 0 Å².